The van der Waals surface area contributed by atoms with E-state index in [0.29, 0.717) is 12.0 Å². The zero-order valence-electron chi connectivity index (χ0n) is 21.1. The molecule has 0 radical (unpaired) electrons. The molecule has 0 amide bonds. The number of hydrogen-bond acceptors (Lipinski definition) is 12. The third-order valence-corrected chi connectivity index (χ3v) is 7.72. The number of aliphatic hydroxyl groups excluding tert-OH is 5. The molecule has 1 aliphatic carbocycles. The van der Waals surface area contributed by atoms with Crippen LogP contribution in [-0.2, 0) is 23.7 Å². The van der Waals surface area contributed by atoms with Gasteiger partial charge in [0.1, 0.15) is 36.1 Å². The van der Waals surface area contributed by atoms with E-state index < -0.39 is 72.4 Å². The van der Waals surface area contributed by atoms with Crippen LogP contribution in [0.15, 0.2) is 11.6 Å². The standard InChI is InChI=1S/C24H40O12/c1-12-7-14(26)8-22(3,4)24(12,32)6-5-13(2)35-20-18(29)17(28)16(27)15(36-20)9-33-21-19(30)23(31,10-25)11-34-21/h7,13,15-21,25,27-32H,5-6,8-11H2,1-4H3/t13-,15-,16-,17+,18-,19+,20-,21-,23-,24-/m1/s1. The molecule has 0 aromatic carbocycles. The molecule has 0 spiro atoms. The van der Waals surface area contributed by atoms with Crippen molar-refractivity contribution in [2.75, 3.05) is 19.8 Å². The lowest BCUT2D eigenvalue weighted by Crippen LogP contribution is -2.60. The molecule has 208 valence electrons. The van der Waals surface area contributed by atoms with Crippen LogP contribution in [0.1, 0.15) is 47.0 Å². The molecule has 0 bridgehead atoms. The molecule has 2 fully saturated rings. The molecule has 0 saturated carbocycles. The minimum absolute atomic E-state index is 0.0393. The second kappa shape index (κ2) is 11.0. The van der Waals surface area contributed by atoms with Gasteiger partial charge in [-0.2, -0.15) is 0 Å². The Hall–Kier alpha value is -1.03. The van der Waals surface area contributed by atoms with Gasteiger partial charge in [-0.1, -0.05) is 13.8 Å². The first-order valence-corrected chi connectivity index (χ1v) is 12.2. The number of carbonyl (C=O) groups is 1. The fraction of sp³-hybridized carbons (Fsp3) is 0.875. The SMILES string of the molecule is CC1=CC(=O)CC(C)(C)[C@@]1(O)CC[C@@H](C)O[C@@H]1O[C@H](CO[C@@H]2OC[C@](O)(CO)[C@H]2O)[C@@H](O)[C@H](O)[C@H]1O. The molecule has 0 unspecified atom stereocenters. The van der Waals surface area contributed by atoms with E-state index in [1.165, 1.54) is 6.08 Å². The van der Waals surface area contributed by atoms with E-state index in [0.717, 1.165) is 0 Å². The first kappa shape index (κ1) is 29.5. The predicted octanol–water partition coefficient (Wildman–Crippen LogP) is -1.89. The highest BCUT2D eigenvalue weighted by molar-refractivity contribution is 5.92. The van der Waals surface area contributed by atoms with Crippen molar-refractivity contribution in [2.24, 2.45) is 5.41 Å². The van der Waals surface area contributed by atoms with Crippen LogP contribution in [0.2, 0.25) is 0 Å². The second-order valence-corrected chi connectivity index (χ2v) is 10.9. The predicted molar refractivity (Wildman–Crippen MR) is 122 cm³/mol. The van der Waals surface area contributed by atoms with Crippen LogP contribution >= 0.6 is 0 Å². The van der Waals surface area contributed by atoms with Gasteiger partial charge in [-0.25, -0.2) is 0 Å². The van der Waals surface area contributed by atoms with Crippen LogP contribution in [0, 0.1) is 5.41 Å². The summed E-state index contributed by atoms with van der Waals surface area (Å²) < 4.78 is 22.0. The Morgan fingerprint density at radius 3 is 2.36 bits per heavy atom. The van der Waals surface area contributed by atoms with Gasteiger partial charge in [0.25, 0.3) is 0 Å². The summed E-state index contributed by atoms with van der Waals surface area (Å²) in [7, 11) is 0. The van der Waals surface area contributed by atoms with Gasteiger partial charge in [0.2, 0.25) is 0 Å². The summed E-state index contributed by atoms with van der Waals surface area (Å²) in [4.78, 5) is 11.9. The number of allylic oxidation sites excluding steroid dienone is 1. The van der Waals surface area contributed by atoms with E-state index in [1.54, 1.807) is 13.8 Å². The molecule has 12 heteroatoms. The fourth-order valence-electron chi connectivity index (χ4n) is 5.06. The molecule has 12 nitrogen and oxygen atoms in total. The van der Waals surface area contributed by atoms with Crippen molar-refractivity contribution in [3.63, 3.8) is 0 Å². The van der Waals surface area contributed by atoms with Crippen LogP contribution in [0.4, 0.5) is 0 Å². The average Bonchev–Trinajstić information content (AvgIpc) is 3.09. The minimum atomic E-state index is -1.88. The largest absolute Gasteiger partial charge is 0.393 e. The third-order valence-electron chi connectivity index (χ3n) is 7.72. The molecule has 2 aliphatic heterocycles. The number of carbonyl (C=O) groups excluding carboxylic acids is 1. The summed E-state index contributed by atoms with van der Waals surface area (Å²) in [6.45, 7) is 5.60. The lowest BCUT2D eigenvalue weighted by Gasteiger charge is -2.46. The molecule has 3 rings (SSSR count). The monoisotopic (exact) mass is 520 g/mol. The van der Waals surface area contributed by atoms with Gasteiger partial charge in [0.05, 0.1) is 31.5 Å². The van der Waals surface area contributed by atoms with Crippen molar-refractivity contribution in [1.29, 1.82) is 0 Å². The molecule has 2 heterocycles. The van der Waals surface area contributed by atoms with Gasteiger partial charge >= 0.3 is 0 Å². The zero-order chi connectivity index (χ0) is 27.1. The summed E-state index contributed by atoms with van der Waals surface area (Å²) in [6.07, 6.45) is -8.34. The highest BCUT2D eigenvalue weighted by atomic mass is 16.7. The van der Waals surface area contributed by atoms with Gasteiger partial charge in [-0.3, -0.25) is 4.79 Å². The smallest absolute Gasteiger partial charge is 0.186 e. The normalized spacial score (nSPS) is 43.9. The Bertz CT molecular complexity index is 817. The molecule has 0 aromatic heterocycles. The van der Waals surface area contributed by atoms with Crippen molar-refractivity contribution >= 4 is 5.78 Å². The lowest BCUT2D eigenvalue weighted by atomic mass is 9.63. The van der Waals surface area contributed by atoms with Crippen molar-refractivity contribution < 1.29 is 59.5 Å². The van der Waals surface area contributed by atoms with E-state index in [-0.39, 0.29) is 31.8 Å². The van der Waals surface area contributed by atoms with E-state index in [9.17, 15) is 40.5 Å². The molecule has 36 heavy (non-hydrogen) atoms. The summed E-state index contributed by atoms with van der Waals surface area (Å²) >= 11 is 0. The molecule has 2 saturated heterocycles. The van der Waals surface area contributed by atoms with Gasteiger partial charge < -0.3 is 54.7 Å². The van der Waals surface area contributed by atoms with Crippen LogP contribution < -0.4 is 0 Å². The number of aliphatic hydroxyl groups is 7. The summed E-state index contributed by atoms with van der Waals surface area (Å²) in [5, 5.41) is 71.8. The maximum absolute atomic E-state index is 11.9. The number of hydrogen-bond donors (Lipinski definition) is 7. The molecular formula is C24H40O12. The number of ketones is 1. The Kier molecular flexibility index (Phi) is 9.01. The van der Waals surface area contributed by atoms with Crippen LogP contribution in [0.25, 0.3) is 0 Å². The van der Waals surface area contributed by atoms with Crippen LogP contribution in [0.5, 0.6) is 0 Å². The van der Waals surface area contributed by atoms with E-state index in [1.807, 2.05) is 13.8 Å². The highest BCUT2D eigenvalue weighted by Crippen LogP contribution is 2.46. The Balaban J connectivity index is 1.58. The molecule has 0 aromatic rings. The minimum Gasteiger partial charge on any atom is -0.393 e. The third kappa shape index (κ3) is 5.69. The van der Waals surface area contributed by atoms with Gasteiger partial charge in [-0.15, -0.1) is 0 Å². The first-order chi connectivity index (χ1) is 16.6. The van der Waals surface area contributed by atoms with Gasteiger partial charge in [0, 0.05) is 11.8 Å². The van der Waals surface area contributed by atoms with Crippen molar-refractivity contribution in [3.05, 3.63) is 11.6 Å². The highest BCUT2D eigenvalue weighted by Gasteiger charge is 2.51. The Labute approximate surface area is 210 Å². The van der Waals surface area contributed by atoms with E-state index in [4.69, 9.17) is 18.9 Å². The van der Waals surface area contributed by atoms with Crippen molar-refractivity contribution in [1.82, 2.24) is 0 Å². The lowest BCUT2D eigenvalue weighted by molar-refractivity contribution is -0.318. The molecule has 3 aliphatic rings. The van der Waals surface area contributed by atoms with Crippen molar-refractivity contribution in [3.8, 4) is 0 Å². The second-order valence-electron chi connectivity index (χ2n) is 10.9. The van der Waals surface area contributed by atoms with Crippen LogP contribution in [0.3, 0.4) is 0 Å². The average molecular weight is 521 g/mol. The molecule has 7 N–H and O–H groups in total. The summed E-state index contributed by atoms with van der Waals surface area (Å²) in [5.41, 5.74) is -3.22. The molecule has 10 atom stereocenters. The fourth-order valence-corrected chi connectivity index (χ4v) is 5.06. The maximum atomic E-state index is 11.9. The van der Waals surface area contributed by atoms with Gasteiger partial charge in [0.15, 0.2) is 18.4 Å². The van der Waals surface area contributed by atoms with Crippen molar-refractivity contribution in [2.45, 2.75) is 107 Å². The Morgan fingerprint density at radius 2 is 1.78 bits per heavy atom. The topological polar surface area (TPSA) is 196 Å². The maximum Gasteiger partial charge on any atom is 0.186 e. The van der Waals surface area contributed by atoms with Gasteiger partial charge in [-0.05, 0) is 38.3 Å². The summed E-state index contributed by atoms with van der Waals surface area (Å²) in [5.74, 6) is -0.0393. The quantitative estimate of drug-likeness (QED) is 0.179. The van der Waals surface area contributed by atoms with E-state index >= 15 is 0 Å². The number of rotatable bonds is 9. The first-order valence-electron chi connectivity index (χ1n) is 12.2. The van der Waals surface area contributed by atoms with Crippen LogP contribution in [-0.4, -0.2) is 122 Å². The zero-order valence-corrected chi connectivity index (χ0v) is 21.1. The summed E-state index contributed by atoms with van der Waals surface area (Å²) in [6, 6.07) is 0. The van der Waals surface area contributed by atoms with E-state index in [2.05, 4.69) is 0 Å². The number of ether oxygens (including phenoxy) is 4. The Morgan fingerprint density at radius 1 is 1.11 bits per heavy atom. The molecular weight excluding hydrogens is 480 g/mol.